The third kappa shape index (κ3) is 1.06. The summed E-state index contributed by atoms with van der Waals surface area (Å²) in [4.78, 5) is 25.7. The van der Waals surface area contributed by atoms with Gasteiger partial charge in [-0.2, -0.15) is 0 Å². The molecule has 14 heavy (non-hydrogen) atoms. The number of carbonyl (C=O) groups excluding carboxylic acids is 1. The van der Waals surface area contributed by atoms with Crippen molar-refractivity contribution in [2.45, 2.75) is 0 Å². The third-order valence-corrected chi connectivity index (χ3v) is 1.87. The average Bonchev–Trinajstić information content (AvgIpc) is 2.20. The Morgan fingerprint density at radius 3 is 3.00 bits per heavy atom. The molecule has 0 amide bonds. The van der Waals surface area contributed by atoms with Crippen LogP contribution in [0.1, 0.15) is 10.4 Å². The monoisotopic (exact) mass is 190 g/mol. The van der Waals surface area contributed by atoms with Crippen molar-refractivity contribution in [1.82, 2.24) is 9.38 Å². The summed E-state index contributed by atoms with van der Waals surface area (Å²) in [7, 11) is 0. The summed E-state index contributed by atoms with van der Waals surface area (Å²) >= 11 is 0. The van der Waals surface area contributed by atoms with Gasteiger partial charge in [0.15, 0.2) is 17.7 Å². The lowest BCUT2D eigenvalue weighted by atomic mass is 10.3. The van der Waals surface area contributed by atoms with Gasteiger partial charge in [0, 0.05) is 12.4 Å². The highest BCUT2D eigenvalue weighted by Gasteiger charge is 2.05. The maximum atomic E-state index is 11.5. The molecule has 5 nitrogen and oxygen atoms in total. The zero-order valence-electron chi connectivity index (χ0n) is 7.04. The summed E-state index contributed by atoms with van der Waals surface area (Å²) in [6, 6.07) is 2.92. The van der Waals surface area contributed by atoms with Crippen molar-refractivity contribution in [3.8, 4) is 5.75 Å². The van der Waals surface area contributed by atoms with Crippen LogP contribution >= 0.6 is 0 Å². The fourth-order valence-corrected chi connectivity index (χ4v) is 1.19. The molecule has 2 rings (SSSR count). The molecule has 0 atom stereocenters. The van der Waals surface area contributed by atoms with Crippen LogP contribution in [0.5, 0.6) is 5.75 Å². The lowest BCUT2D eigenvalue weighted by Crippen LogP contribution is -2.18. The normalized spacial score (nSPS) is 10.3. The van der Waals surface area contributed by atoms with Gasteiger partial charge in [0.05, 0.1) is 5.56 Å². The largest absolute Gasteiger partial charge is 0.504 e. The van der Waals surface area contributed by atoms with Crippen LogP contribution in [0.15, 0.2) is 29.3 Å². The third-order valence-electron chi connectivity index (χ3n) is 1.87. The number of aromatic nitrogens is 2. The van der Waals surface area contributed by atoms with Gasteiger partial charge in [-0.3, -0.25) is 14.0 Å². The minimum atomic E-state index is -0.485. The molecule has 0 radical (unpaired) electrons. The smallest absolute Gasteiger partial charge is 0.268 e. The first-order valence-corrected chi connectivity index (χ1v) is 3.88. The van der Waals surface area contributed by atoms with Crippen LogP contribution in [0, 0.1) is 0 Å². The van der Waals surface area contributed by atoms with E-state index < -0.39 is 5.56 Å². The highest BCUT2D eigenvalue weighted by atomic mass is 16.3. The fraction of sp³-hybridized carbons (Fsp3) is 0. The predicted octanol–water partition coefficient (Wildman–Crippen LogP) is 0.213. The van der Waals surface area contributed by atoms with Crippen LogP contribution in [0.2, 0.25) is 0 Å². The summed E-state index contributed by atoms with van der Waals surface area (Å²) in [6.45, 7) is 0. The first kappa shape index (κ1) is 8.43. The van der Waals surface area contributed by atoms with Gasteiger partial charge in [0.25, 0.3) is 5.56 Å². The van der Waals surface area contributed by atoms with E-state index in [4.69, 9.17) is 0 Å². The Morgan fingerprint density at radius 1 is 1.50 bits per heavy atom. The number of aromatic hydroxyl groups is 1. The Hall–Kier alpha value is -2.17. The molecule has 0 saturated heterocycles. The summed E-state index contributed by atoms with van der Waals surface area (Å²) in [6.07, 6.45) is 3.02. The van der Waals surface area contributed by atoms with Crippen LogP contribution in [0.4, 0.5) is 0 Å². The van der Waals surface area contributed by atoms with E-state index in [9.17, 15) is 14.7 Å². The molecule has 2 aromatic rings. The molecule has 0 unspecified atom stereocenters. The fourth-order valence-electron chi connectivity index (χ4n) is 1.19. The van der Waals surface area contributed by atoms with Gasteiger partial charge >= 0.3 is 0 Å². The SMILES string of the molecule is O=Cc1cnc2c(O)cccn2c1=O. The van der Waals surface area contributed by atoms with Gasteiger partial charge in [0.2, 0.25) is 0 Å². The lowest BCUT2D eigenvalue weighted by molar-refractivity contribution is 0.112. The van der Waals surface area contributed by atoms with Crippen LogP contribution in [0.3, 0.4) is 0 Å². The van der Waals surface area contributed by atoms with Gasteiger partial charge < -0.3 is 5.11 Å². The van der Waals surface area contributed by atoms with E-state index in [0.29, 0.717) is 6.29 Å². The maximum absolute atomic E-state index is 11.5. The topological polar surface area (TPSA) is 71.7 Å². The highest BCUT2D eigenvalue weighted by molar-refractivity contribution is 5.74. The first-order valence-electron chi connectivity index (χ1n) is 3.88. The van der Waals surface area contributed by atoms with Crippen molar-refractivity contribution in [3.05, 3.63) is 40.4 Å². The molecule has 0 spiro atoms. The Balaban J connectivity index is 2.98. The second-order valence-electron chi connectivity index (χ2n) is 2.72. The summed E-state index contributed by atoms with van der Waals surface area (Å²) in [5, 5.41) is 9.35. The number of hydrogen-bond acceptors (Lipinski definition) is 4. The van der Waals surface area contributed by atoms with Gasteiger partial charge in [0.1, 0.15) is 0 Å². The molecule has 0 fully saturated rings. The quantitative estimate of drug-likeness (QED) is 0.652. The number of hydrogen-bond donors (Lipinski definition) is 1. The molecule has 2 heterocycles. The van der Waals surface area contributed by atoms with Crippen LogP contribution in [0.25, 0.3) is 5.65 Å². The molecule has 0 bridgehead atoms. The zero-order chi connectivity index (χ0) is 10.1. The molecule has 0 aliphatic heterocycles. The molecule has 0 aliphatic carbocycles. The van der Waals surface area contributed by atoms with E-state index in [1.807, 2.05) is 0 Å². The molecule has 5 heteroatoms. The summed E-state index contributed by atoms with van der Waals surface area (Å²) < 4.78 is 1.12. The van der Waals surface area contributed by atoms with Gasteiger partial charge in [-0.05, 0) is 12.1 Å². The van der Waals surface area contributed by atoms with E-state index in [1.54, 1.807) is 0 Å². The molecular weight excluding hydrogens is 184 g/mol. The Bertz CT molecular complexity index is 559. The minimum Gasteiger partial charge on any atom is -0.504 e. The molecule has 0 saturated carbocycles. The van der Waals surface area contributed by atoms with E-state index >= 15 is 0 Å². The predicted molar refractivity (Wildman–Crippen MR) is 48.5 cm³/mol. The van der Waals surface area contributed by atoms with Crippen molar-refractivity contribution >= 4 is 11.9 Å². The lowest BCUT2D eigenvalue weighted by Gasteiger charge is -2.01. The summed E-state index contributed by atoms with van der Waals surface area (Å²) in [5.41, 5.74) is -0.378. The van der Waals surface area contributed by atoms with Crippen molar-refractivity contribution in [2.75, 3.05) is 0 Å². The second-order valence-corrected chi connectivity index (χ2v) is 2.72. The van der Waals surface area contributed by atoms with Crippen molar-refractivity contribution in [1.29, 1.82) is 0 Å². The summed E-state index contributed by atoms with van der Waals surface area (Å²) in [5.74, 6) is -0.0953. The molecule has 0 aliphatic rings. The zero-order valence-corrected chi connectivity index (χ0v) is 7.04. The molecular formula is C9H6N2O3. The van der Waals surface area contributed by atoms with Crippen LogP contribution < -0.4 is 5.56 Å². The second kappa shape index (κ2) is 2.95. The van der Waals surface area contributed by atoms with Crippen molar-refractivity contribution in [2.24, 2.45) is 0 Å². The van der Waals surface area contributed by atoms with Gasteiger partial charge in [-0.15, -0.1) is 0 Å². The van der Waals surface area contributed by atoms with Crippen LogP contribution in [-0.2, 0) is 0 Å². The average molecular weight is 190 g/mol. The van der Waals surface area contributed by atoms with E-state index in [-0.39, 0.29) is 17.0 Å². The first-order chi connectivity index (χ1) is 6.74. The molecule has 2 aromatic heterocycles. The van der Waals surface area contributed by atoms with E-state index in [0.717, 1.165) is 10.6 Å². The highest BCUT2D eigenvalue weighted by Crippen LogP contribution is 2.12. The maximum Gasteiger partial charge on any atom is 0.268 e. The number of aldehydes is 1. The number of fused-ring (bicyclic) bond motifs is 1. The number of nitrogens with zero attached hydrogens (tertiary/aromatic N) is 2. The Labute approximate surface area is 78.3 Å². The Morgan fingerprint density at radius 2 is 2.29 bits per heavy atom. The molecule has 0 aromatic carbocycles. The standard InChI is InChI=1S/C9H6N2O3/c12-5-6-4-10-8-7(13)2-1-3-11(8)9(6)14/h1-5,13H. The van der Waals surface area contributed by atoms with E-state index in [1.165, 1.54) is 18.3 Å². The van der Waals surface area contributed by atoms with E-state index in [2.05, 4.69) is 4.98 Å². The number of rotatable bonds is 1. The number of carbonyl (C=O) groups is 1. The molecule has 1 N–H and O–H groups in total. The van der Waals surface area contributed by atoms with Gasteiger partial charge in [-0.25, -0.2) is 4.98 Å². The minimum absolute atomic E-state index is 0.0342. The molecule has 70 valence electrons. The Kier molecular flexibility index (Phi) is 1.78. The van der Waals surface area contributed by atoms with Crippen LogP contribution in [-0.4, -0.2) is 20.8 Å². The van der Waals surface area contributed by atoms with Gasteiger partial charge in [-0.1, -0.05) is 0 Å². The number of pyridine rings is 1. The van der Waals surface area contributed by atoms with Crippen molar-refractivity contribution < 1.29 is 9.90 Å². The van der Waals surface area contributed by atoms with Crippen molar-refractivity contribution in [3.63, 3.8) is 0 Å².